The molecule has 0 saturated carbocycles. The Morgan fingerprint density at radius 2 is 2.11 bits per heavy atom. The van der Waals surface area contributed by atoms with E-state index < -0.39 is 24.1 Å². The lowest BCUT2D eigenvalue weighted by molar-refractivity contribution is -0.206. The van der Waals surface area contributed by atoms with Gasteiger partial charge in [-0.1, -0.05) is 30.3 Å². The molecule has 0 unspecified atom stereocenters. The maximum atomic E-state index is 11.4. The normalized spacial score (nSPS) is 22.3. The van der Waals surface area contributed by atoms with Gasteiger partial charge in [0.25, 0.3) is 5.91 Å². The van der Waals surface area contributed by atoms with Crippen molar-refractivity contribution >= 4 is 12.0 Å². The number of hydrogen-bond acceptors (Lipinski definition) is 4. The van der Waals surface area contributed by atoms with Gasteiger partial charge in [0.15, 0.2) is 0 Å². The van der Waals surface area contributed by atoms with Gasteiger partial charge in [-0.3, -0.25) is 10.0 Å². The number of alkyl carbamates (subject to hydrolysis) is 1. The lowest BCUT2D eigenvalue weighted by Gasteiger charge is -2.40. The fraction of sp³-hybridized carbons (Fsp3) is 0.333. The van der Waals surface area contributed by atoms with Crippen LogP contribution in [0.25, 0.3) is 0 Å². The summed E-state index contributed by atoms with van der Waals surface area (Å²) in [6, 6.07) is 8.09. The molecular formula is C12H14N2O4. The van der Waals surface area contributed by atoms with E-state index in [0.717, 1.165) is 5.56 Å². The van der Waals surface area contributed by atoms with Crippen LogP contribution >= 0.6 is 0 Å². The lowest BCUT2D eigenvalue weighted by atomic mass is 10.0. The standard InChI is InChI=1S/C12H14N2O4/c1-8-10(11(15)14(8)17)13-12(16)18-7-9-5-3-2-4-6-9/h2-6,8,10,17H,7H2,1H3,(H,13,16)/t8-,10-/m0/s1. The summed E-state index contributed by atoms with van der Waals surface area (Å²) in [6.07, 6.45) is -0.669. The van der Waals surface area contributed by atoms with Gasteiger partial charge in [-0.05, 0) is 12.5 Å². The van der Waals surface area contributed by atoms with Crippen molar-refractivity contribution in [3.8, 4) is 0 Å². The van der Waals surface area contributed by atoms with Crippen LogP contribution in [0, 0.1) is 0 Å². The van der Waals surface area contributed by atoms with Crippen LogP contribution in [-0.2, 0) is 16.1 Å². The number of ether oxygens (including phenoxy) is 1. The average Bonchev–Trinajstić information content (AvgIpc) is 2.42. The van der Waals surface area contributed by atoms with E-state index in [4.69, 9.17) is 9.94 Å². The number of carbonyl (C=O) groups is 2. The molecule has 0 spiro atoms. The Morgan fingerprint density at radius 1 is 1.44 bits per heavy atom. The molecule has 96 valence electrons. The molecule has 1 heterocycles. The van der Waals surface area contributed by atoms with Crippen LogP contribution in [0.5, 0.6) is 0 Å². The number of carbonyl (C=O) groups excluding carboxylic acids is 2. The monoisotopic (exact) mass is 250 g/mol. The quantitative estimate of drug-likeness (QED) is 0.617. The molecule has 0 aromatic heterocycles. The molecule has 1 aromatic rings. The van der Waals surface area contributed by atoms with Crippen LogP contribution in [0.4, 0.5) is 4.79 Å². The van der Waals surface area contributed by atoms with Gasteiger partial charge in [0.1, 0.15) is 12.6 Å². The Bertz CT molecular complexity index is 449. The summed E-state index contributed by atoms with van der Waals surface area (Å²) >= 11 is 0. The first-order valence-electron chi connectivity index (χ1n) is 5.59. The molecule has 2 amide bonds. The number of rotatable bonds is 3. The van der Waals surface area contributed by atoms with Crippen molar-refractivity contribution in [1.29, 1.82) is 0 Å². The zero-order chi connectivity index (χ0) is 13.1. The average molecular weight is 250 g/mol. The molecule has 1 aliphatic heterocycles. The summed E-state index contributed by atoms with van der Waals surface area (Å²) in [5.74, 6) is -0.529. The number of benzene rings is 1. The van der Waals surface area contributed by atoms with Crippen molar-refractivity contribution in [2.75, 3.05) is 0 Å². The Morgan fingerprint density at radius 3 is 2.72 bits per heavy atom. The maximum absolute atomic E-state index is 11.4. The smallest absolute Gasteiger partial charge is 0.408 e. The molecular weight excluding hydrogens is 236 g/mol. The molecule has 2 rings (SSSR count). The van der Waals surface area contributed by atoms with Gasteiger partial charge in [0.2, 0.25) is 0 Å². The number of amides is 2. The van der Waals surface area contributed by atoms with Crippen molar-refractivity contribution < 1.29 is 19.5 Å². The number of hydroxylamine groups is 2. The summed E-state index contributed by atoms with van der Waals surface area (Å²) in [7, 11) is 0. The Kier molecular flexibility index (Phi) is 3.47. The topological polar surface area (TPSA) is 78.9 Å². The first-order chi connectivity index (χ1) is 8.59. The van der Waals surface area contributed by atoms with E-state index in [0.29, 0.717) is 5.06 Å². The van der Waals surface area contributed by atoms with Crippen molar-refractivity contribution in [2.45, 2.75) is 25.6 Å². The largest absolute Gasteiger partial charge is 0.445 e. The van der Waals surface area contributed by atoms with Gasteiger partial charge in [-0.25, -0.2) is 9.86 Å². The molecule has 0 radical (unpaired) electrons. The molecule has 2 atom stereocenters. The van der Waals surface area contributed by atoms with Crippen LogP contribution in [-0.4, -0.2) is 34.4 Å². The van der Waals surface area contributed by atoms with Gasteiger partial charge in [-0.15, -0.1) is 0 Å². The highest BCUT2D eigenvalue weighted by atomic mass is 16.6. The predicted octanol–water partition coefficient (Wildman–Crippen LogP) is 0.901. The first kappa shape index (κ1) is 12.4. The summed E-state index contributed by atoms with van der Waals surface area (Å²) < 4.78 is 4.96. The second-order valence-electron chi connectivity index (χ2n) is 4.11. The summed E-state index contributed by atoms with van der Waals surface area (Å²) in [5, 5.41) is 12.1. The third kappa shape index (κ3) is 2.43. The van der Waals surface area contributed by atoms with Gasteiger partial charge in [0, 0.05) is 0 Å². The van der Waals surface area contributed by atoms with E-state index in [-0.39, 0.29) is 6.61 Å². The molecule has 6 nitrogen and oxygen atoms in total. The Labute approximate surface area is 104 Å². The third-order valence-corrected chi connectivity index (χ3v) is 2.85. The molecule has 18 heavy (non-hydrogen) atoms. The van der Waals surface area contributed by atoms with Crippen LogP contribution in [0.15, 0.2) is 30.3 Å². The minimum atomic E-state index is -0.710. The van der Waals surface area contributed by atoms with E-state index in [1.165, 1.54) is 0 Å². The third-order valence-electron chi connectivity index (χ3n) is 2.85. The molecule has 0 bridgehead atoms. The first-order valence-corrected chi connectivity index (χ1v) is 5.59. The molecule has 1 aliphatic rings. The van der Waals surface area contributed by atoms with E-state index >= 15 is 0 Å². The van der Waals surface area contributed by atoms with Crippen LogP contribution in [0.3, 0.4) is 0 Å². The number of nitrogens with zero attached hydrogens (tertiary/aromatic N) is 1. The molecule has 6 heteroatoms. The predicted molar refractivity (Wildman–Crippen MR) is 61.6 cm³/mol. The van der Waals surface area contributed by atoms with E-state index in [2.05, 4.69) is 5.32 Å². The van der Waals surface area contributed by atoms with E-state index in [9.17, 15) is 9.59 Å². The Balaban J connectivity index is 1.78. The zero-order valence-corrected chi connectivity index (χ0v) is 9.87. The van der Waals surface area contributed by atoms with E-state index in [1.807, 2.05) is 30.3 Å². The maximum Gasteiger partial charge on any atom is 0.408 e. The molecule has 2 N–H and O–H groups in total. The van der Waals surface area contributed by atoms with Crippen molar-refractivity contribution in [3.05, 3.63) is 35.9 Å². The molecule has 1 saturated heterocycles. The van der Waals surface area contributed by atoms with Crippen LogP contribution in [0.2, 0.25) is 0 Å². The number of β-lactam (4-membered cyclic amide) rings is 1. The zero-order valence-electron chi connectivity index (χ0n) is 9.87. The van der Waals surface area contributed by atoms with Crippen molar-refractivity contribution in [2.24, 2.45) is 0 Å². The summed E-state index contributed by atoms with van der Waals surface area (Å²) in [4.78, 5) is 22.6. The highest BCUT2D eigenvalue weighted by Crippen LogP contribution is 2.16. The second kappa shape index (κ2) is 5.05. The lowest BCUT2D eigenvalue weighted by Crippen LogP contribution is -2.68. The van der Waals surface area contributed by atoms with Crippen LogP contribution in [0.1, 0.15) is 12.5 Å². The van der Waals surface area contributed by atoms with Gasteiger partial charge < -0.3 is 10.1 Å². The van der Waals surface area contributed by atoms with Crippen LogP contribution < -0.4 is 5.32 Å². The second-order valence-corrected chi connectivity index (χ2v) is 4.11. The minimum Gasteiger partial charge on any atom is -0.445 e. The number of hydrogen-bond donors (Lipinski definition) is 2. The highest BCUT2D eigenvalue weighted by Gasteiger charge is 2.45. The highest BCUT2D eigenvalue weighted by molar-refractivity contribution is 5.91. The molecule has 0 aliphatic carbocycles. The summed E-state index contributed by atoms with van der Waals surface area (Å²) in [5.41, 5.74) is 0.865. The molecule has 1 aromatic carbocycles. The fourth-order valence-electron chi connectivity index (χ4n) is 1.68. The van der Waals surface area contributed by atoms with Gasteiger partial charge >= 0.3 is 6.09 Å². The van der Waals surface area contributed by atoms with Gasteiger partial charge in [0.05, 0.1) is 6.04 Å². The van der Waals surface area contributed by atoms with Crippen molar-refractivity contribution in [1.82, 2.24) is 10.4 Å². The van der Waals surface area contributed by atoms with E-state index in [1.54, 1.807) is 6.92 Å². The van der Waals surface area contributed by atoms with Gasteiger partial charge in [-0.2, -0.15) is 0 Å². The minimum absolute atomic E-state index is 0.144. The Hall–Kier alpha value is -2.08. The number of nitrogens with one attached hydrogen (secondary N) is 1. The summed E-state index contributed by atoms with van der Waals surface area (Å²) in [6.45, 7) is 1.77. The SMILES string of the molecule is C[C@H]1[C@H](NC(=O)OCc2ccccc2)C(=O)N1O. The fourth-order valence-corrected chi connectivity index (χ4v) is 1.68. The van der Waals surface area contributed by atoms with Crippen molar-refractivity contribution in [3.63, 3.8) is 0 Å². The molecule has 1 fully saturated rings.